The van der Waals surface area contributed by atoms with Crippen molar-refractivity contribution < 1.29 is 32.4 Å². The van der Waals surface area contributed by atoms with Crippen molar-refractivity contribution in [3.63, 3.8) is 0 Å². The minimum absolute atomic E-state index is 0.0320. The zero-order chi connectivity index (χ0) is 21.4. The van der Waals surface area contributed by atoms with Gasteiger partial charge in [0.1, 0.15) is 0 Å². The van der Waals surface area contributed by atoms with Crippen molar-refractivity contribution in [3.05, 3.63) is 41.5 Å². The molecule has 4 aliphatic heterocycles. The second-order valence-corrected chi connectivity index (χ2v) is 9.61. The molecule has 1 unspecified atom stereocenters. The van der Waals surface area contributed by atoms with Crippen molar-refractivity contribution in [1.82, 2.24) is 0 Å². The Morgan fingerprint density at radius 3 is 2.43 bits per heavy atom. The van der Waals surface area contributed by atoms with E-state index < -0.39 is 35.0 Å². The molecule has 30 heavy (non-hydrogen) atoms. The van der Waals surface area contributed by atoms with Crippen LogP contribution in [0.1, 0.15) is 57.6 Å². The van der Waals surface area contributed by atoms with E-state index in [1.54, 1.807) is 0 Å². The van der Waals surface area contributed by atoms with Gasteiger partial charge in [0.2, 0.25) is 5.79 Å². The van der Waals surface area contributed by atoms with Crippen LogP contribution in [0.2, 0.25) is 0 Å². The highest BCUT2D eigenvalue weighted by Gasteiger charge is 2.73. The number of benzene rings is 1. The van der Waals surface area contributed by atoms with Gasteiger partial charge >= 0.3 is 6.18 Å². The molecular formula is C23H27F3O4. The van der Waals surface area contributed by atoms with Gasteiger partial charge in [-0.3, -0.25) is 0 Å². The first kappa shape index (κ1) is 20.5. The van der Waals surface area contributed by atoms with Crippen molar-refractivity contribution in [1.29, 1.82) is 0 Å². The standard InChI is InChI=1S/C23H27F3O4/c1-14-4-9-18-20(2,12-10-15-5-7-16(8-6-15)23(24,25)26)27-19-22(18)17(14)11-13-21(3,28-19)29-30-22/h5-8,10,12,14,17-19H,4,9,11,13H2,1-3H3/b12-10+/t14-,17+,18?,19-,20-,21-,22-/m1/s1. The van der Waals surface area contributed by atoms with Crippen LogP contribution < -0.4 is 0 Å². The fourth-order valence-electron chi connectivity index (χ4n) is 5.95. The number of hydrogen-bond donors (Lipinski definition) is 0. The van der Waals surface area contributed by atoms with E-state index in [0.29, 0.717) is 11.5 Å². The summed E-state index contributed by atoms with van der Waals surface area (Å²) in [6.45, 7) is 6.15. The topological polar surface area (TPSA) is 36.9 Å². The molecule has 4 heterocycles. The largest absolute Gasteiger partial charge is 0.416 e. The monoisotopic (exact) mass is 424 g/mol. The van der Waals surface area contributed by atoms with Crippen LogP contribution in [0.5, 0.6) is 0 Å². The summed E-state index contributed by atoms with van der Waals surface area (Å²) in [5.41, 5.74) is -1.30. The quantitative estimate of drug-likeness (QED) is 0.569. The highest BCUT2D eigenvalue weighted by atomic mass is 19.4. The fraction of sp³-hybridized carbons (Fsp3) is 0.652. The van der Waals surface area contributed by atoms with E-state index in [2.05, 4.69) is 6.92 Å². The zero-order valence-electron chi connectivity index (χ0n) is 17.4. The molecule has 4 nitrogen and oxygen atoms in total. The lowest BCUT2D eigenvalue weighted by atomic mass is 9.60. The van der Waals surface area contributed by atoms with Crippen molar-refractivity contribution in [2.45, 2.75) is 75.9 Å². The van der Waals surface area contributed by atoms with E-state index in [4.69, 9.17) is 19.2 Å². The Bertz CT molecular complexity index is 853. The van der Waals surface area contributed by atoms with Crippen LogP contribution >= 0.6 is 0 Å². The minimum atomic E-state index is -4.34. The summed E-state index contributed by atoms with van der Waals surface area (Å²) in [4.78, 5) is 11.9. The maximum absolute atomic E-state index is 12.8. The molecule has 1 aliphatic carbocycles. The predicted molar refractivity (Wildman–Crippen MR) is 103 cm³/mol. The summed E-state index contributed by atoms with van der Waals surface area (Å²) in [6, 6.07) is 5.15. The summed E-state index contributed by atoms with van der Waals surface area (Å²) >= 11 is 0. The number of hydrogen-bond acceptors (Lipinski definition) is 4. The van der Waals surface area contributed by atoms with Crippen LogP contribution in [-0.4, -0.2) is 23.3 Å². The first-order chi connectivity index (χ1) is 14.1. The van der Waals surface area contributed by atoms with Gasteiger partial charge < -0.3 is 9.47 Å². The Kier molecular flexibility index (Phi) is 4.47. The normalized spacial score (nSPS) is 45.5. The summed E-state index contributed by atoms with van der Waals surface area (Å²) in [7, 11) is 0. The molecule has 0 radical (unpaired) electrons. The molecule has 6 rings (SSSR count). The fourth-order valence-corrected chi connectivity index (χ4v) is 5.95. The maximum atomic E-state index is 12.8. The van der Waals surface area contributed by atoms with Crippen molar-refractivity contribution in [3.8, 4) is 0 Å². The molecule has 7 heteroatoms. The third-order valence-corrected chi connectivity index (χ3v) is 7.62. The number of halogens is 3. The smallest absolute Gasteiger partial charge is 0.339 e. The zero-order valence-corrected chi connectivity index (χ0v) is 17.4. The molecule has 0 amide bonds. The Labute approximate surface area is 174 Å². The number of fused-ring (bicyclic) bond motifs is 2. The summed E-state index contributed by atoms with van der Waals surface area (Å²) in [5.74, 6) is -0.0439. The molecule has 164 valence electrons. The Balaban J connectivity index is 1.46. The van der Waals surface area contributed by atoms with Crippen LogP contribution in [0.4, 0.5) is 13.2 Å². The second kappa shape index (κ2) is 6.55. The first-order valence-corrected chi connectivity index (χ1v) is 10.6. The average Bonchev–Trinajstić information content (AvgIpc) is 2.77. The van der Waals surface area contributed by atoms with E-state index in [9.17, 15) is 13.2 Å². The second-order valence-electron chi connectivity index (χ2n) is 9.61. The van der Waals surface area contributed by atoms with E-state index >= 15 is 0 Å². The highest BCUT2D eigenvalue weighted by Crippen LogP contribution is 2.63. The SMILES string of the molecule is C[C@@H]1CCC2[C@]34OO[C@](C)(CC[C@@H]13)O[C@H]4O[C@]2(C)/C=C/c1ccc(C(F)(F)F)cc1. The van der Waals surface area contributed by atoms with Gasteiger partial charge in [0, 0.05) is 12.3 Å². The first-order valence-electron chi connectivity index (χ1n) is 10.6. The lowest BCUT2D eigenvalue weighted by Gasteiger charge is -2.50. The molecule has 2 bridgehead atoms. The van der Waals surface area contributed by atoms with Crippen LogP contribution in [-0.2, 0) is 25.4 Å². The lowest BCUT2D eigenvalue weighted by molar-refractivity contribution is -0.541. The van der Waals surface area contributed by atoms with Crippen LogP contribution in [0.3, 0.4) is 0 Å². The van der Waals surface area contributed by atoms with Gasteiger partial charge in [0.25, 0.3) is 0 Å². The van der Waals surface area contributed by atoms with Crippen LogP contribution in [0.25, 0.3) is 6.08 Å². The molecule has 5 aliphatic rings. The highest BCUT2D eigenvalue weighted by molar-refractivity contribution is 5.52. The summed E-state index contributed by atoms with van der Waals surface area (Å²) in [5, 5.41) is 0. The van der Waals surface area contributed by atoms with Gasteiger partial charge in [0.15, 0.2) is 11.9 Å². The molecule has 0 aromatic heterocycles. The Morgan fingerprint density at radius 1 is 1.00 bits per heavy atom. The van der Waals surface area contributed by atoms with Gasteiger partial charge in [-0.2, -0.15) is 13.2 Å². The predicted octanol–water partition coefficient (Wildman–Crippen LogP) is 5.72. The molecule has 5 fully saturated rings. The maximum Gasteiger partial charge on any atom is 0.416 e. The van der Waals surface area contributed by atoms with Crippen molar-refractivity contribution in [2.24, 2.45) is 17.8 Å². The molecule has 7 atom stereocenters. The molecule has 1 aromatic carbocycles. The molecule has 1 aromatic rings. The Morgan fingerprint density at radius 2 is 1.73 bits per heavy atom. The minimum Gasteiger partial charge on any atom is -0.339 e. The molecule has 1 spiro atoms. The van der Waals surface area contributed by atoms with Gasteiger partial charge in [-0.1, -0.05) is 31.2 Å². The Hall–Kier alpha value is -1.41. The van der Waals surface area contributed by atoms with E-state index in [1.807, 2.05) is 26.0 Å². The number of rotatable bonds is 2. The lowest BCUT2D eigenvalue weighted by Crippen LogP contribution is -2.61. The van der Waals surface area contributed by atoms with Crippen LogP contribution in [0.15, 0.2) is 30.3 Å². The molecule has 1 saturated carbocycles. The van der Waals surface area contributed by atoms with Gasteiger partial charge in [-0.15, -0.1) is 0 Å². The van der Waals surface area contributed by atoms with E-state index in [-0.39, 0.29) is 11.8 Å². The summed E-state index contributed by atoms with van der Waals surface area (Å²) in [6.07, 6.45) is 2.58. The molecular weight excluding hydrogens is 397 g/mol. The number of ether oxygens (including phenoxy) is 2. The third-order valence-electron chi connectivity index (χ3n) is 7.62. The van der Waals surface area contributed by atoms with Crippen LogP contribution in [0, 0.1) is 17.8 Å². The van der Waals surface area contributed by atoms with Gasteiger partial charge in [-0.05, 0) is 62.6 Å². The number of alkyl halides is 3. The van der Waals surface area contributed by atoms with E-state index in [1.165, 1.54) is 12.1 Å². The van der Waals surface area contributed by atoms with E-state index in [0.717, 1.165) is 37.8 Å². The molecule has 0 N–H and O–H groups in total. The average molecular weight is 424 g/mol. The van der Waals surface area contributed by atoms with Crippen molar-refractivity contribution in [2.75, 3.05) is 0 Å². The molecule has 4 saturated heterocycles. The van der Waals surface area contributed by atoms with Gasteiger partial charge in [-0.25, -0.2) is 9.78 Å². The van der Waals surface area contributed by atoms with Crippen molar-refractivity contribution >= 4 is 6.08 Å². The van der Waals surface area contributed by atoms with Gasteiger partial charge in [0.05, 0.1) is 11.2 Å². The summed E-state index contributed by atoms with van der Waals surface area (Å²) < 4.78 is 51.2. The third kappa shape index (κ3) is 2.97.